The zero-order valence-corrected chi connectivity index (χ0v) is 19.8. The number of nitrogens with zero attached hydrogens (tertiary/aromatic N) is 3. The van der Waals surface area contributed by atoms with Crippen LogP contribution >= 0.6 is 12.2 Å². The van der Waals surface area contributed by atoms with Crippen LogP contribution in [0.4, 0.5) is 11.4 Å². The Kier molecular flexibility index (Phi) is 5.86. The maximum Gasteiger partial charge on any atom is 0.221 e. The molecule has 0 bridgehead atoms. The molecule has 1 saturated heterocycles. The first-order valence-corrected chi connectivity index (χ1v) is 11.6. The Balaban J connectivity index is 1.63. The molecule has 34 heavy (non-hydrogen) atoms. The van der Waals surface area contributed by atoms with Crippen LogP contribution < -0.4 is 15.5 Å². The number of nitrogens with one attached hydrogen (secondary N) is 2. The van der Waals surface area contributed by atoms with Crippen molar-refractivity contribution in [2.24, 2.45) is 0 Å². The van der Waals surface area contributed by atoms with Gasteiger partial charge in [0.1, 0.15) is 6.04 Å². The highest BCUT2D eigenvalue weighted by molar-refractivity contribution is 7.80. The Hall–Kier alpha value is -3.97. The molecule has 4 aromatic rings. The van der Waals surface area contributed by atoms with Crippen LogP contribution in [0.3, 0.4) is 0 Å². The van der Waals surface area contributed by atoms with Crippen molar-refractivity contribution in [1.82, 2.24) is 14.9 Å². The zero-order chi connectivity index (χ0) is 23.7. The monoisotopic (exact) mass is 467 g/mol. The molecule has 5 rings (SSSR count). The Morgan fingerprint density at radius 3 is 2.47 bits per heavy atom. The van der Waals surface area contributed by atoms with Crippen LogP contribution in [0.2, 0.25) is 0 Å². The second-order valence-electron chi connectivity index (χ2n) is 8.31. The molecule has 1 aliphatic rings. The predicted molar refractivity (Wildman–Crippen MR) is 139 cm³/mol. The number of carbonyl (C=O) groups excluding carboxylic acids is 1. The van der Waals surface area contributed by atoms with Gasteiger partial charge in [0.15, 0.2) is 5.11 Å². The van der Waals surface area contributed by atoms with E-state index in [1.807, 2.05) is 54.7 Å². The predicted octanol–water partition coefficient (Wildman–Crippen LogP) is 5.32. The molecular formula is C27H25N5OS. The fourth-order valence-corrected chi connectivity index (χ4v) is 4.88. The third-order valence-electron chi connectivity index (χ3n) is 6.02. The van der Waals surface area contributed by atoms with E-state index in [1.54, 1.807) is 0 Å². The van der Waals surface area contributed by atoms with E-state index in [2.05, 4.69) is 68.5 Å². The first-order valence-electron chi connectivity index (χ1n) is 11.1. The van der Waals surface area contributed by atoms with Crippen molar-refractivity contribution >= 4 is 34.6 Å². The van der Waals surface area contributed by atoms with Crippen molar-refractivity contribution in [3.63, 3.8) is 0 Å². The molecule has 2 atom stereocenters. The van der Waals surface area contributed by atoms with Gasteiger partial charge in [0.05, 0.1) is 11.7 Å². The normalized spacial score (nSPS) is 17.5. The third-order valence-corrected chi connectivity index (χ3v) is 6.34. The molecule has 2 N–H and O–H groups in total. The minimum Gasteiger partial charge on any atom is -0.351 e. The van der Waals surface area contributed by atoms with Gasteiger partial charge in [0, 0.05) is 42.1 Å². The standard InChI is InChI=1S/C27H25N5OS/c1-18-8-3-4-10-23(18)31-17-7-11-24(31)26-25(22-9-5-6-16-28-22)30-27(34)32(26)21-14-12-20(13-15-21)29-19(2)33/h3-17,25-26H,1-2H3,(H,29,33)(H,30,34)/t25-,26-/m0/s1. The lowest BCUT2D eigenvalue weighted by molar-refractivity contribution is -0.114. The summed E-state index contributed by atoms with van der Waals surface area (Å²) in [6.45, 7) is 3.62. The Labute approximate surface area is 204 Å². The lowest BCUT2D eigenvalue weighted by Gasteiger charge is -2.29. The lowest BCUT2D eigenvalue weighted by atomic mass is 10.0. The molecule has 170 valence electrons. The second kappa shape index (κ2) is 9.11. The fourth-order valence-electron chi connectivity index (χ4n) is 4.53. The number of rotatable bonds is 5. The summed E-state index contributed by atoms with van der Waals surface area (Å²) in [7, 11) is 0. The number of anilines is 2. The number of para-hydroxylation sites is 1. The van der Waals surface area contributed by atoms with Gasteiger partial charge in [-0.25, -0.2) is 0 Å². The Bertz CT molecular complexity index is 1330. The average Bonchev–Trinajstić information content (AvgIpc) is 3.44. The molecule has 1 aliphatic heterocycles. The van der Waals surface area contributed by atoms with E-state index in [-0.39, 0.29) is 18.0 Å². The highest BCUT2D eigenvalue weighted by Crippen LogP contribution is 2.42. The van der Waals surface area contributed by atoms with Crippen LogP contribution in [0.25, 0.3) is 5.69 Å². The van der Waals surface area contributed by atoms with Crippen LogP contribution in [0.1, 0.15) is 36.0 Å². The molecule has 1 amide bonds. The number of aryl methyl sites for hydroxylation is 1. The topological polar surface area (TPSA) is 62.2 Å². The highest BCUT2D eigenvalue weighted by Gasteiger charge is 2.42. The third kappa shape index (κ3) is 4.06. The minimum absolute atomic E-state index is 0.102. The second-order valence-corrected chi connectivity index (χ2v) is 8.70. The van der Waals surface area contributed by atoms with Crippen molar-refractivity contribution in [2.75, 3.05) is 10.2 Å². The van der Waals surface area contributed by atoms with E-state index in [1.165, 1.54) is 12.5 Å². The summed E-state index contributed by atoms with van der Waals surface area (Å²) in [5, 5.41) is 6.96. The van der Waals surface area contributed by atoms with E-state index in [0.29, 0.717) is 5.11 Å². The molecular weight excluding hydrogens is 442 g/mol. The Morgan fingerprint density at radius 2 is 1.76 bits per heavy atom. The Morgan fingerprint density at radius 1 is 1.00 bits per heavy atom. The molecule has 2 aromatic heterocycles. The minimum atomic E-state index is -0.138. The van der Waals surface area contributed by atoms with Gasteiger partial charge in [-0.1, -0.05) is 24.3 Å². The van der Waals surface area contributed by atoms with Crippen LogP contribution in [0, 0.1) is 6.92 Å². The summed E-state index contributed by atoms with van der Waals surface area (Å²) in [5.74, 6) is -0.102. The molecule has 2 aromatic carbocycles. The molecule has 0 aliphatic carbocycles. The van der Waals surface area contributed by atoms with Gasteiger partial charge in [-0.2, -0.15) is 0 Å². The molecule has 0 spiro atoms. The number of pyridine rings is 1. The number of aromatic nitrogens is 2. The summed E-state index contributed by atoms with van der Waals surface area (Å²) in [6, 6.07) is 26.0. The van der Waals surface area contributed by atoms with Gasteiger partial charge < -0.3 is 20.1 Å². The van der Waals surface area contributed by atoms with Gasteiger partial charge >= 0.3 is 0 Å². The van der Waals surface area contributed by atoms with Gasteiger partial charge in [-0.3, -0.25) is 9.78 Å². The number of hydrogen-bond acceptors (Lipinski definition) is 3. The van der Waals surface area contributed by atoms with Crippen LogP contribution in [-0.2, 0) is 4.79 Å². The van der Waals surface area contributed by atoms with Crippen molar-refractivity contribution in [3.8, 4) is 5.69 Å². The summed E-state index contributed by atoms with van der Waals surface area (Å²) in [4.78, 5) is 18.2. The zero-order valence-electron chi connectivity index (χ0n) is 19.0. The van der Waals surface area contributed by atoms with Crippen molar-refractivity contribution in [1.29, 1.82) is 0 Å². The van der Waals surface area contributed by atoms with Crippen molar-refractivity contribution in [2.45, 2.75) is 25.9 Å². The molecule has 3 heterocycles. The molecule has 7 heteroatoms. The summed E-state index contributed by atoms with van der Waals surface area (Å²) in [6.07, 6.45) is 3.90. The maximum atomic E-state index is 11.5. The number of hydrogen-bond donors (Lipinski definition) is 2. The number of amides is 1. The van der Waals surface area contributed by atoms with Gasteiger partial charge in [0.2, 0.25) is 5.91 Å². The summed E-state index contributed by atoms with van der Waals surface area (Å²) < 4.78 is 2.23. The lowest BCUT2D eigenvalue weighted by Crippen LogP contribution is -2.30. The number of carbonyl (C=O) groups is 1. The van der Waals surface area contributed by atoms with E-state index in [4.69, 9.17) is 12.2 Å². The number of benzene rings is 2. The van der Waals surface area contributed by atoms with Crippen LogP contribution in [-0.4, -0.2) is 20.6 Å². The molecule has 0 saturated carbocycles. The molecule has 6 nitrogen and oxygen atoms in total. The first kappa shape index (κ1) is 21.9. The van der Waals surface area contributed by atoms with Gasteiger partial charge in [0.25, 0.3) is 0 Å². The summed E-state index contributed by atoms with van der Waals surface area (Å²) in [5.41, 5.74) is 6.02. The van der Waals surface area contributed by atoms with Crippen molar-refractivity contribution < 1.29 is 4.79 Å². The van der Waals surface area contributed by atoms with E-state index >= 15 is 0 Å². The van der Waals surface area contributed by atoms with E-state index in [9.17, 15) is 4.79 Å². The van der Waals surface area contributed by atoms with Gasteiger partial charge in [-0.15, -0.1) is 0 Å². The van der Waals surface area contributed by atoms with Gasteiger partial charge in [-0.05, 0) is 79.3 Å². The fraction of sp³-hybridized carbons (Fsp3) is 0.148. The van der Waals surface area contributed by atoms with Crippen molar-refractivity contribution in [3.05, 3.63) is 108 Å². The largest absolute Gasteiger partial charge is 0.351 e. The summed E-state index contributed by atoms with van der Waals surface area (Å²) >= 11 is 5.85. The van der Waals surface area contributed by atoms with Crippen LogP contribution in [0.5, 0.6) is 0 Å². The molecule has 1 fully saturated rings. The molecule has 0 radical (unpaired) electrons. The highest BCUT2D eigenvalue weighted by atomic mass is 32.1. The average molecular weight is 468 g/mol. The first-order chi connectivity index (χ1) is 16.5. The van der Waals surface area contributed by atoms with Crippen LogP contribution in [0.15, 0.2) is 91.3 Å². The SMILES string of the molecule is CC(=O)Nc1ccc(N2C(=S)N[C@@H](c3ccccn3)[C@@H]2c2cccn2-c2ccccc2C)cc1. The smallest absolute Gasteiger partial charge is 0.221 e. The quantitative estimate of drug-likeness (QED) is 0.389. The van der Waals surface area contributed by atoms with E-state index < -0.39 is 0 Å². The maximum absolute atomic E-state index is 11.5. The molecule has 0 unspecified atom stereocenters. The number of thiocarbonyl (C=S) groups is 1. The van der Waals surface area contributed by atoms with E-state index in [0.717, 1.165) is 28.5 Å².